The van der Waals surface area contributed by atoms with E-state index in [-0.39, 0.29) is 5.91 Å². The highest BCUT2D eigenvalue weighted by Gasteiger charge is 2.12. The molecule has 3 aromatic carbocycles. The van der Waals surface area contributed by atoms with E-state index >= 15 is 0 Å². The van der Waals surface area contributed by atoms with Gasteiger partial charge < -0.3 is 5.32 Å². The van der Waals surface area contributed by atoms with Crippen LogP contribution >= 0.6 is 0 Å². The number of nitrogens with zero attached hydrogens (tertiary/aromatic N) is 2. The van der Waals surface area contributed by atoms with E-state index < -0.39 is 0 Å². The second-order valence-corrected chi connectivity index (χ2v) is 6.94. The molecule has 4 heteroatoms. The highest BCUT2D eigenvalue weighted by atomic mass is 16.1. The van der Waals surface area contributed by atoms with Crippen molar-refractivity contribution < 1.29 is 4.79 Å². The number of hydrogen-bond acceptors (Lipinski definition) is 2. The number of carbonyl (C=O) groups is 1. The molecule has 0 unspecified atom stereocenters. The summed E-state index contributed by atoms with van der Waals surface area (Å²) in [5.74, 6) is -0.0443. The van der Waals surface area contributed by atoms with Gasteiger partial charge in [-0.3, -0.25) is 9.48 Å². The number of hydrogen-bond donors (Lipinski definition) is 1. The zero-order chi connectivity index (χ0) is 19.9. The van der Waals surface area contributed by atoms with E-state index in [2.05, 4.69) is 46.8 Å². The van der Waals surface area contributed by atoms with Gasteiger partial charge in [0, 0.05) is 24.5 Å². The summed E-state index contributed by atoms with van der Waals surface area (Å²) in [5, 5.41) is 7.29. The molecule has 0 aliphatic rings. The highest BCUT2D eigenvalue weighted by Crippen LogP contribution is 2.24. The molecule has 4 aromatic rings. The number of benzene rings is 3. The van der Waals surface area contributed by atoms with Crippen molar-refractivity contribution in [3.63, 3.8) is 0 Å². The highest BCUT2D eigenvalue weighted by molar-refractivity contribution is 6.00. The van der Waals surface area contributed by atoms with Crippen molar-refractivity contribution in [1.29, 1.82) is 0 Å². The Morgan fingerprint density at radius 1 is 0.828 bits per heavy atom. The van der Waals surface area contributed by atoms with Crippen molar-refractivity contribution in [2.24, 2.45) is 0 Å². The number of nitrogens with one attached hydrogen (secondary N) is 1. The van der Waals surface area contributed by atoms with Crippen LogP contribution in [0.25, 0.3) is 11.1 Å². The summed E-state index contributed by atoms with van der Waals surface area (Å²) >= 11 is 0. The zero-order valence-corrected chi connectivity index (χ0v) is 16.2. The number of rotatable bonds is 7. The molecule has 0 bridgehead atoms. The van der Waals surface area contributed by atoms with Crippen LogP contribution in [-0.2, 0) is 13.0 Å². The lowest BCUT2D eigenvalue weighted by Gasteiger charge is -2.11. The summed E-state index contributed by atoms with van der Waals surface area (Å²) in [4.78, 5) is 12.8. The Hall–Kier alpha value is -3.66. The Bertz CT molecular complexity index is 1050. The minimum Gasteiger partial charge on any atom is -0.352 e. The molecule has 0 aliphatic carbocycles. The Morgan fingerprint density at radius 3 is 2.34 bits per heavy atom. The predicted molar refractivity (Wildman–Crippen MR) is 116 cm³/mol. The van der Waals surface area contributed by atoms with Gasteiger partial charge in [0.15, 0.2) is 0 Å². The smallest absolute Gasteiger partial charge is 0.251 e. The van der Waals surface area contributed by atoms with Crippen LogP contribution in [0.15, 0.2) is 97.3 Å². The fraction of sp³-hybridized carbons (Fsp3) is 0.120. The van der Waals surface area contributed by atoms with Crippen molar-refractivity contribution in [1.82, 2.24) is 15.1 Å². The third kappa shape index (κ3) is 4.79. The lowest BCUT2D eigenvalue weighted by Crippen LogP contribution is -2.26. The van der Waals surface area contributed by atoms with Crippen LogP contribution < -0.4 is 5.32 Å². The lowest BCUT2D eigenvalue weighted by atomic mass is 9.98. The number of aromatic nitrogens is 2. The van der Waals surface area contributed by atoms with Crippen LogP contribution in [0.4, 0.5) is 0 Å². The molecule has 0 spiro atoms. The average molecular weight is 381 g/mol. The summed E-state index contributed by atoms with van der Waals surface area (Å²) in [5.41, 5.74) is 5.05. The van der Waals surface area contributed by atoms with Crippen LogP contribution in [0.5, 0.6) is 0 Å². The van der Waals surface area contributed by atoms with E-state index in [1.807, 2.05) is 59.4 Å². The first-order valence-electron chi connectivity index (χ1n) is 9.77. The maximum absolute atomic E-state index is 12.8. The average Bonchev–Trinajstić information content (AvgIpc) is 3.28. The van der Waals surface area contributed by atoms with Gasteiger partial charge in [-0.1, -0.05) is 72.8 Å². The van der Waals surface area contributed by atoms with E-state index in [1.54, 1.807) is 6.20 Å². The van der Waals surface area contributed by atoms with Gasteiger partial charge in [-0.15, -0.1) is 0 Å². The molecule has 1 aromatic heterocycles. The van der Waals surface area contributed by atoms with Crippen molar-refractivity contribution in [2.75, 3.05) is 6.54 Å². The fourth-order valence-corrected chi connectivity index (χ4v) is 3.36. The second-order valence-electron chi connectivity index (χ2n) is 6.94. The van der Waals surface area contributed by atoms with Crippen LogP contribution in [0.3, 0.4) is 0 Å². The summed E-state index contributed by atoms with van der Waals surface area (Å²) in [6.07, 6.45) is 4.54. The minimum absolute atomic E-state index is 0.0443. The van der Waals surface area contributed by atoms with E-state index in [0.717, 1.165) is 24.1 Å². The monoisotopic (exact) mass is 381 g/mol. The molecule has 0 saturated heterocycles. The summed E-state index contributed by atoms with van der Waals surface area (Å²) < 4.78 is 1.89. The molecule has 144 valence electrons. The SMILES string of the molecule is O=C(NCCc1ccccc1)c1ccccc1-c1ccc(Cn2cccn2)cc1. The van der Waals surface area contributed by atoms with E-state index in [9.17, 15) is 4.79 Å². The van der Waals surface area contributed by atoms with Crippen molar-refractivity contribution in [3.8, 4) is 11.1 Å². The van der Waals surface area contributed by atoms with Gasteiger partial charge in [0.25, 0.3) is 5.91 Å². The Balaban J connectivity index is 1.45. The third-order valence-corrected chi connectivity index (χ3v) is 4.88. The lowest BCUT2D eigenvalue weighted by molar-refractivity contribution is 0.0955. The molecule has 29 heavy (non-hydrogen) atoms. The van der Waals surface area contributed by atoms with E-state index in [4.69, 9.17) is 0 Å². The summed E-state index contributed by atoms with van der Waals surface area (Å²) in [6.45, 7) is 1.34. The Labute approximate surface area is 170 Å². The quantitative estimate of drug-likeness (QED) is 0.510. The maximum atomic E-state index is 12.8. The molecule has 0 fully saturated rings. The molecule has 0 atom stereocenters. The first-order valence-corrected chi connectivity index (χ1v) is 9.77. The van der Waals surface area contributed by atoms with E-state index in [1.165, 1.54) is 11.1 Å². The molecule has 0 aliphatic heterocycles. The van der Waals surface area contributed by atoms with Gasteiger partial charge in [0.2, 0.25) is 0 Å². The van der Waals surface area contributed by atoms with E-state index in [0.29, 0.717) is 12.1 Å². The summed E-state index contributed by atoms with van der Waals surface area (Å²) in [7, 11) is 0. The molecular formula is C25H23N3O. The van der Waals surface area contributed by atoms with Crippen LogP contribution in [0, 0.1) is 0 Å². The standard InChI is InChI=1S/C25H23N3O/c29-25(26-17-15-20-7-2-1-3-8-20)24-10-5-4-9-23(24)22-13-11-21(12-14-22)19-28-18-6-16-27-28/h1-14,16,18H,15,17,19H2,(H,26,29). The topological polar surface area (TPSA) is 46.9 Å². The van der Waals surface area contributed by atoms with Gasteiger partial charge in [-0.05, 0) is 40.8 Å². The molecular weight excluding hydrogens is 358 g/mol. The third-order valence-electron chi connectivity index (χ3n) is 4.88. The molecule has 1 amide bonds. The van der Waals surface area contributed by atoms with Gasteiger partial charge >= 0.3 is 0 Å². The Morgan fingerprint density at radius 2 is 1.59 bits per heavy atom. The van der Waals surface area contributed by atoms with Gasteiger partial charge in [-0.2, -0.15) is 5.10 Å². The second kappa shape index (κ2) is 9.02. The maximum Gasteiger partial charge on any atom is 0.251 e. The van der Waals surface area contributed by atoms with Crippen LogP contribution in [0.1, 0.15) is 21.5 Å². The van der Waals surface area contributed by atoms with Gasteiger partial charge in [-0.25, -0.2) is 0 Å². The summed E-state index contributed by atoms with van der Waals surface area (Å²) in [6, 6.07) is 28.1. The zero-order valence-electron chi connectivity index (χ0n) is 16.2. The largest absolute Gasteiger partial charge is 0.352 e. The first-order chi connectivity index (χ1) is 14.3. The van der Waals surface area contributed by atoms with Gasteiger partial charge in [0.1, 0.15) is 0 Å². The minimum atomic E-state index is -0.0443. The normalized spacial score (nSPS) is 10.6. The van der Waals surface area contributed by atoms with Crippen molar-refractivity contribution >= 4 is 5.91 Å². The molecule has 4 nitrogen and oxygen atoms in total. The molecule has 0 saturated carbocycles. The van der Waals surface area contributed by atoms with Crippen molar-refractivity contribution in [2.45, 2.75) is 13.0 Å². The van der Waals surface area contributed by atoms with Gasteiger partial charge in [0.05, 0.1) is 6.54 Å². The predicted octanol–water partition coefficient (Wildman–Crippen LogP) is 4.57. The van der Waals surface area contributed by atoms with Crippen LogP contribution in [0.2, 0.25) is 0 Å². The number of carbonyl (C=O) groups excluding carboxylic acids is 1. The molecule has 4 rings (SSSR count). The first kappa shape index (κ1) is 18.7. The van der Waals surface area contributed by atoms with Crippen LogP contribution in [-0.4, -0.2) is 22.2 Å². The molecule has 1 N–H and O–H groups in total. The molecule has 1 heterocycles. The van der Waals surface area contributed by atoms with Crippen molar-refractivity contribution in [3.05, 3.63) is 114 Å². The molecule has 0 radical (unpaired) electrons. The fourth-order valence-electron chi connectivity index (χ4n) is 3.36. The number of amides is 1. The Kier molecular flexibility index (Phi) is 5.81.